The molecule has 1 aromatic carbocycles. The number of benzene rings is 1. The monoisotopic (exact) mass is 1160 g/mol. The Balaban J connectivity index is 1.21. The van der Waals surface area contributed by atoms with Gasteiger partial charge < -0.3 is 73.4 Å². The molecule has 19 atom stereocenters. The van der Waals surface area contributed by atoms with Crippen molar-refractivity contribution in [3.8, 4) is 0 Å². The maximum absolute atomic E-state index is 14.8. The summed E-state index contributed by atoms with van der Waals surface area (Å²) >= 11 is 1.82. The first kappa shape index (κ1) is 60.3. The number of anilines is 2. The third kappa shape index (κ3) is 13.7. The van der Waals surface area contributed by atoms with Gasteiger partial charge in [0.1, 0.15) is 35.8 Å². The number of carbonyl (C=O) groups excluding carboxylic acids is 2. The van der Waals surface area contributed by atoms with E-state index in [-0.39, 0.29) is 31.8 Å². The van der Waals surface area contributed by atoms with Crippen LogP contribution < -0.4 is 9.80 Å². The van der Waals surface area contributed by atoms with Gasteiger partial charge in [-0.2, -0.15) is 0 Å². The minimum Gasteiger partial charge on any atom is -0.448 e. The molecule has 0 saturated carbocycles. The van der Waals surface area contributed by atoms with Gasteiger partial charge in [0.15, 0.2) is 16.7 Å². The van der Waals surface area contributed by atoms with Crippen molar-refractivity contribution in [3.63, 3.8) is 0 Å². The van der Waals surface area contributed by atoms with E-state index < -0.39 is 124 Å². The Kier molecular flexibility index (Phi) is 19.9. The zero-order valence-corrected chi connectivity index (χ0v) is 47.7. The Hall–Kier alpha value is -2.92. The molecule has 4 fully saturated rings. The predicted octanol–water partition coefficient (Wildman–Crippen LogP) is 3.32. The number of methoxy groups -OCH3 is 1. The van der Waals surface area contributed by atoms with Gasteiger partial charge in [0.05, 0.1) is 71.7 Å². The molecule has 1 aromatic heterocycles. The lowest BCUT2D eigenvalue weighted by molar-refractivity contribution is -0.318. The van der Waals surface area contributed by atoms with Crippen LogP contribution in [0.25, 0.3) is 0 Å². The van der Waals surface area contributed by atoms with Crippen molar-refractivity contribution < 1.29 is 72.7 Å². The average molecular weight is 1160 g/mol. The van der Waals surface area contributed by atoms with Crippen molar-refractivity contribution in [1.82, 2.24) is 24.8 Å². The lowest BCUT2D eigenvalue weighted by atomic mass is 9.77. The Morgan fingerprint density at radius 1 is 0.946 bits per heavy atom. The molecule has 23 heteroatoms. The summed E-state index contributed by atoms with van der Waals surface area (Å²) in [5.74, 6) is -3.37. The molecule has 0 aliphatic carbocycles. The summed E-state index contributed by atoms with van der Waals surface area (Å²) in [6, 6.07) is 3.53. The highest BCUT2D eigenvalue weighted by atomic mass is 127. The van der Waals surface area contributed by atoms with Gasteiger partial charge in [-0.05, 0) is 122 Å². The second-order valence-corrected chi connectivity index (χ2v) is 23.6. The van der Waals surface area contributed by atoms with Gasteiger partial charge in [-0.15, -0.1) is 5.10 Å². The third-order valence-corrected chi connectivity index (χ3v) is 17.3. The summed E-state index contributed by atoms with van der Waals surface area (Å²) in [5.41, 5.74) is -3.16. The van der Waals surface area contributed by atoms with E-state index in [1.165, 1.54) is 25.0 Å². The first-order valence-corrected chi connectivity index (χ1v) is 27.0. The highest BCUT2D eigenvalue weighted by molar-refractivity contribution is 14.1. The summed E-state index contributed by atoms with van der Waals surface area (Å²) in [7, 11) is 8.66. The summed E-state index contributed by atoms with van der Waals surface area (Å²) in [6.07, 6.45) is -7.45. The normalized spacial score (nSPS) is 40.4. The number of cyclic esters (lactones) is 2. The van der Waals surface area contributed by atoms with E-state index in [0.717, 1.165) is 0 Å². The smallest absolute Gasteiger partial charge is 0.414 e. The quantitative estimate of drug-likeness (QED) is 0.110. The molecule has 0 spiro atoms. The van der Waals surface area contributed by atoms with E-state index in [0.29, 0.717) is 43.0 Å². The Morgan fingerprint density at radius 2 is 1.64 bits per heavy atom. The van der Waals surface area contributed by atoms with Crippen LogP contribution in [0.3, 0.4) is 0 Å². The maximum atomic E-state index is 14.8. The van der Waals surface area contributed by atoms with E-state index in [1.807, 2.05) is 60.3 Å². The summed E-state index contributed by atoms with van der Waals surface area (Å²) in [4.78, 5) is 34.1. The molecule has 21 nitrogen and oxygen atoms in total. The number of hydrogen-bond donors (Lipinski definition) is 5. The number of amides is 1. The highest BCUT2D eigenvalue weighted by Crippen LogP contribution is 2.41. The molecule has 4 saturated heterocycles. The second-order valence-electron chi connectivity index (χ2n) is 22.4. The zero-order valence-electron chi connectivity index (χ0n) is 45.5. The van der Waals surface area contributed by atoms with Gasteiger partial charge >= 0.3 is 12.1 Å². The average Bonchev–Trinajstić information content (AvgIpc) is 3.94. The fraction of sp³-hybridized carbons (Fsp3) is 0.804. The predicted molar refractivity (Wildman–Crippen MR) is 279 cm³/mol. The van der Waals surface area contributed by atoms with E-state index >= 15 is 0 Å². The van der Waals surface area contributed by atoms with Crippen molar-refractivity contribution >= 4 is 46.0 Å². The topological polar surface area (TPSA) is 244 Å². The molecule has 0 radical (unpaired) electrons. The molecule has 5 heterocycles. The van der Waals surface area contributed by atoms with Gasteiger partial charge in [0.25, 0.3) is 0 Å². The van der Waals surface area contributed by atoms with E-state index in [9.17, 15) is 39.5 Å². The van der Waals surface area contributed by atoms with Crippen LogP contribution in [-0.4, -0.2) is 212 Å². The molecule has 2 aromatic rings. The Morgan fingerprint density at radius 3 is 2.28 bits per heavy atom. The zero-order chi connectivity index (χ0) is 54.9. The number of carbonyl (C=O) groups is 2. The van der Waals surface area contributed by atoms with Crippen LogP contribution in [0, 0.1) is 23.6 Å². The number of likely N-dealkylation sites (N-methyl/N-ethyl adjacent to an activating group) is 2. The van der Waals surface area contributed by atoms with Crippen molar-refractivity contribution in [3.05, 3.63) is 35.9 Å². The van der Waals surface area contributed by atoms with Crippen LogP contribution in [0.5, 0.6) is 0 Å². The standard InChI is InChI=1S/C51H83FIN7O14/c1-27-21-49(7,66)44(29(3)41(72-39-22-50(8,68-14)43(63)32(6)70-39)30(4)45(64)74-47(53)51(9,67)42(62)31(5)58(13)23-27)73-46-40(61)38(19-28(2)69-46)57(12)18-17-33-24-59(55-54-33)25-35-26-60(48(65)71-35)34-15-16-37(56(10)11)36(52)20-34/h15-16,20,24,27-32,35,38-44,46-47,61-63,66-67H,17-19,21-23,25-26H2,1-14H3/t27-,28-,29+,30-,31-,32+,35+,38+,39+,40-,41+,42-,43+,44-,46+,47+,49-,50-,51+/m1/s1. The number of rotatable bonds is 13. The number of ether oxygens (including phenoxy) is 7. The van der Waals surface area contributed by atoms with Crippen molar-refractivity contribution in [2.45, 2.75) is 189 Å². The van der Waals surface area contributed by atoms with Gasteiger partial charge in [-0.25, -0.2) is 13.9 Å². The minimum absolute atomic E-state index is 0.0796. The first-order valence-electron chi connectivity index (χ1n) is 25.7. The van der Waals surface area contributed by atoms with Crippen LogP contribution in [-0.2, 0) is 50.9 Å². The highest BCUT2D eigenvalue weighted by Gasteiger charge is 2.53. The third-order valence-electron chi connectivity index (χ3n) is 15.8. The van der Waals surface area contributed by atoms with Crippen molar-refractivity contribution in [1.29, 1.82) is 0 Å². The number of nitrogens with zero attached hydrogens (tertiary/aromatic N) is 7. The molecule has 0 unspecified atom stereocenters. The van der Waals surface area contributed by atoms with Crippen LogP contribution in [0.2, 0.25) is 0 Å². The fourth-order valence-electron chi connectivity index (χ4n) is 11.1. The molecule has 0 bridgehead atoms. The lowest BCUT2D eigenvalue weighted by Gasteiger charge is -2.49. The Bertz CT molecular complexity index is 2200. The molecule has 5 N–H and O–H groups in total. The SMILES string of the molecule is CO[C@]1(C)C[C@H](O[C@H]2[C@H](C)[C@@H](O[C@@H]3O[C@H](C)C[C@H](N(C)CCc4cn(C[C@H]5CN(c6ccc(N(C)C)c(F)c6)C(=O)O5)nn4)[C@H]3O)[C@](C)(O)C[C@@H](C)CN(C)[C@H](C)[C@@H](O)[C@](C)(O)[C@@H](I)OC(=O)[C@@H]2C)O[C@@H](C)[C@@H]1O. The number of hydrogen-bond acceptors (Lipinski definition) is 19. The minimum atomic E-state index is -1.88. The van der Waals surface area contributed by atoms with Crippen LogP contribution in [0.4, 0.5) is 20.6 Å². The van der Waals surface area contributed by atoms with E-state index in [4.69, 9.17) is 33.2 Å². The number of aliphatic hydroxyl groups excluding tert-OH is 3. The first-order chi connectivity index (χ1) is 34.5. The molecule has 6 rings (SSSR count). The number of aromatic nitrogens is 3. The molecular weight excluding hydrogens is 1080 g/mol. The van der Waals surface area contributed by atoms with Crippen molar-refractivity contribution in [2.75, 3.05) is 64.7 Å². The summed E-state index contributed by atoms with van der Waals surface area (Å²) in [5, 5.41) is 68.0. The maximum Gasteiger partial charge on any atom is 0.414 e. The largest absolute Gasteiger partial charge is 0.448 e. The van der Waals surface area contributed by atoms with E-state index in [1.54, 1.807) is 83.5 Å². The summed E-state index contributed by atoms with van der Waals surface area (Å²) in [6.45, 7) is 16.8. The van der Waals surface area contributed by atoms with Gasteiger partial charge in [0, 0.05) is 71.3 Å². The van der Waals surface area contributed by atoms with E-state index in [2.05, 4.69) is 10.3 Å². The molecule has 74 heavy (non-hydrogen) atoms. The molecule has 4 aliphatic heterocycles. The van der Waals surface area contributed by atoms with Crippen LogP contribution in [0.15, 0.2) is 24.4 Å². The number of esters is 1. The Labute approximate surface area is 449 Å². The van der Waals surface area contributed by atoms with Gasteiger partial charge in [0.2, 0.25) is 0 Å². The number of halogens is 2. The van der Waals surface area contributed by atoms with Gasteiger partial charge in [-0.1, -0.05) is 19.1 Å². The molecule has 420 valence electrons. The lowest BCUT2D eigenvalue weighted by Crippen LogP contribution is -2.60. The molecule has 4 aliphatic rings. The van der Waals surface area contributed by atoms with Crippen molar-refractivity contribution in [2.24, 2.45) is 17.8 Å². The fourth-order valence-corrected chi connectivity index (χ4v) is 11.8. The van der Waals surface area contributed by atoms with Crippen LogP contribution >= 0.6 is 22.6 Å². The number of aliphatic hydroxyl groups is 5. The molecular formula is C51H83FIN7O14. The molecule has 1 amide bonds. The summed E-state index contributed by atoms with van der Waals surface area (Å²) < 4.78 is 58.8. The number of alkyl halides is 1. The second kappa shape index (κ2) is 24.4. The van der Waals surface area contributed by atoms with Crippen LogP contribution in [0.1, 0.15) is 87.3 Å². The van der Waals surface area contributed by atoms with Gasteiger partial charge in [-0.3, -0.25) is 9.69 Å².